The average molecular weight is 180 g/mol. The van der Waals surface area contributed by atoms with Crippen LogP contribution in [-0.4, -0.2) is 5.11 Å². The summed E-state index contributed by atoms with van der Waals surface area (Å²) in [4.78, 5) is 0. The quantitative estimate of drug-likeness (QED) is 0.687. The predicted octanol–water partition coefficient (Wildman–Crippen LogP) is 3.69. The van der Waals surface area contributed by atoms with Crippen LogP contribution in [0.15, 0.2) is 24.0 Å². The molecule has 1 aliphatic carbocycles. The van der Waals surface area contributed by atoms with E-state index in [1.807, 2.05) is 12.2 Å². The van der Waals surface area contributed by atoms with Crippen molar-refractivity contribution < 1.29 is 5.11 Å². The molecule has 1 heteroatoms. The van der Waals surface area contributed by atoms with E-state index >= 15 is 0 Å². The average Bonchev–Trinajstić information content (AvgIpc) is 2.04. The standard InChI is InChI=1S/C12H20O/c1-9(2)12(10(3)4)7-5-11(13)6-8-12/h5-7,9-10,13H,8H2,1-4H3. The van der Waals surface area contributed by atoms with Crippen LogP contribution < -0.4 is 0 Å². The smallest absolute Gasteiger partial charge is 0.111 e. The van der Waals surface area contributed by atoms with Gasteiger partial charge in [0.05, 0.1) is 0 Å². The molecule has 74 valence electrons. The first-order valence-electron chi connectivity index (χ1n) is 5.07. The predicted molar refractivity (Wildman–Crippen MR) is 56.6 cm³/mol. The molecule has 0 aliphatic heterocycles. The topological polar surface area (TPSA) is 20.2 Å². The minimum Gasteiger partial charge on any atom is -0.508 e. The van der Waals surface area contributed by atoms with Gasteiger partial charge in [-0.1, -0.05) is 33.8 Å². The highest BCUT2D eigenvalue weighted by molar-refractivity contribution is 5.22. The SMILES string of the molecule is CC(C)C1(C(C)C)C=CC(O)=CC1. The lowest BCUT2D eigenvalue weighted by atomic mass is 9.65. The molecule has 1 nitrogen and oxygen atoms in total. The molecule has 0 bridgehead atoms. The Morgan fingerprint density at radius 1 is 1.23 bits per heavy atom. The van der Waals surface area contributed by atoms with Crippen LogP contribution in [0.2, 0.25) is 0 Å². The summed E-state index contributed by atoms with van der Waals surface area (Å²) in [6.07, 6.45) is 6.91. The molecule has 0 saturated heterocycles. The molecule has 0 radical (unpaired) electrons. The van der Waals surface area contributed by atoms with Crippen molar-refractivity contribution in [3.63, 3.8) is 0 Å². The highest BCUT2D eigenvalue weighted by Gasteiger charge is 2.34. The largest absolute Gasteiger partial charge is 0.508 e. The van der Waals surface area contributed by atoms with Crippen molar-refractivity contribution in [3.8, 4) is 0 Å². The molecule has 0 aromatic rings. The number of aliphatic hydroxyl groups excluding tert-OH is 1. The molecule has 0 saturated carbocycles. The maximum Gasteiger partial charge on any atom is 0.111 e. The van der Waals surface area contributed by atoms with E-state index in [2.05, 4.69) is 33.8 Å². The summed E-state index contributed by atoms with van der Waals surface area (Å²) < 4.78 is 0. The normalized spacial score (nSPS) is 20.9. The van der Waals surface area contributed by atoms with Gasteiger partial charge < -0.3 is 5.11 Å². The Hall–Kier alpha value is -0.720. The van der Waals surface area contributed by atoms with Crippen LogP contribution in [0.3, 0.4) is 0 Å². The second-order valence-electron chi connectivity index (χ2n) is 4.59. The fourth-order valence-electron chi connectivity index (χ4n) is 2.18. The molecule has 0 aromatic heterocycles. The molecular weight excluding hydrogens is 160 g/mol. The van der Waals surface area contributed by atoms with Crippen LogP contribution in [0, 0.1) is 17.3 Å². The molecule has 0 fully saturated rings. The first-order valence-corrected chi connectivity index (χ1v) is 5.07. The summed E-state index contributed by atoms with van der Waals surface area (Å²) in [5, 5.41) is 9.28. The molecule has 0 unspecified atom stereocenters. The zero-order chi connectivity index (χ0) is 10.1. The van der Waals surface area contributed by atoms with Crippen LogP contribution in [0.4, 0.5) is 0 Å². The van der Waals surface area contributed by atoms with E-state index in [4.69, 9.17) is 0 Å². The summed E-state index contributed by atoms with van der Waals surface area (Å²) >= 11 is 0. The third kappa shape index (κ3) is 1.79. The van der Waals surface area contributed by atoms with Crippen LogP contribution in [0.5, 0.6) is 0 Å². The van der Waals surface area contributed by atoms with Crippen LogP contribution in [0.1, 0.15) is 34.1 Å². The molecule has 0 amide bonds. The molecule has 1 rings (SSSR count). The van der Waals surface area contributed by atoms with Gasteiger partial charge in [-0.05, 0) is 35.8 Å². The van der Waals surface area contributed by atoms with E-state index in [0.29, 0.717) is 17.6 Å². The molecule has 1 N–H and O–H groups in total. The van der Waals surface area contributed by atoms with E-state index in [1.165, 1.54) is 0 Å². The molecule has 0 aromatic carbocycles. The first kappa shape index (κ1) is 10.4. The number of aliphatic hydroxyl groups is 1. The van der Waals surface area contributed by atoms with Gasteiger partial charge in [-0.3, -0.25) is 0 Å². The van der Waals surface area contributed by atoms with Crippen molar-refractivity contribution in [1.29, 1.82) is 0 Å². The zero-order valence-electron chi connectivity index (χ0n) is 9.04. The van der Waals surface area contributed by atoms with Crippen molar-refractivity contribution in [2.24, 2.45) is 17.3 Å². The highest BCUT2D eigenvalue weighted by atomic mass is 16.3. The summed E-state index contributed by atoms with van der Waals surface area (Å²) in [6, 6.07) is 0. The van der Waals surface area contributed by atoms with Gasteiger partial charge in [0.1, 0.15) is 5.76 Å². The summed E-state index contributed by atoms with van der Waals surface area (Å²) in [6.45, 7) is 9.00. The zero-order valence-corrected chi connectivity index (χ0v) is 9.04. The van der Waals surface area contributed by atoms with Crippen LogP contribution in [-0.2, 0) is 0 Å². The number of allylic oxidation sites excluding steroid dienone is 3. The fourth-order valence-corrected chi connectivity index (χ4v) is 2.18. The Bertz CT molecular complexity index is 226. The lowest BCUT2D eigenvalue weighted by molar-refractivity contribution is 0.176. The second kappa shape index (κ2) is 3.57. The minimum absolute atomic E-state index is 0.242. The van der Waals surface area contributed by atoms with Crippen molar-refractivity contribution in [1.82, 2.24) is 0 Å². The Morgan fingerprint density at radius 2 is 1.77 bits per heavy atom. The maximum absolute atomic E-state index is 9.28. The third-order valence-electron chi connectivity index (χ3n) is 3.38. The van der Waals surface area contributed by atoms with Gasteiger partial charge in [0.25, 0.3) is 0 Å². The van der Waals surface area contributed by atoms with Crippen molar-refractivity contribution in [2.75, 3.05) is 0 Å². The van der Waals surface area contributed by atoms with E-state index in [0.717, 1.165) is 6.42 Å². The van der Waals surface area contributed by atoms with Crippen molar-refractivity contribution in [2.45, 2.75) is 34.1 Å². The van der Waals surface area contributed by atoms with Gasteiger partial charge in [0, 0.05) is 0 Å². The van der Waals surface area contributed by atoms with Crippen molar-refractivity contribution in [3.05, 3.63) is 24.0 Å². The number of hydrogen-bond donors (Lipinski definition) is 1. The van der Waals surface area contributed by atoms with Crippen LogP contribution in [0.25, 0.3) is 0 Å². The van der Waals surface area contributed by atoms with Crippen molar-refractivity contribution >= 4 is 0 Å². The van der Waals surface area contributed by atoms with E-state index < -0.39 is 0 Å². The number of hydrogen-bond acceptors (Lipinski definition) is 1. The van der Waals surface area contributed by atoms with E-state index in [9.17, 15) is 5.11 Å². The van der Waals surface area contributed by atoms with Crippen LogP contribution >= 0.6 is 0 Å². The monoisotopic (exact) mass is 180 g/mol. The molecule has 0 spiro atoms. The van der Waals surface area contributed by atoms with Gasteiger partial charge in [-0.25, -0.2) is 0 Å². The maximum atomic E-state index is 9.28. The first-order chi connectivity index (χ1) is 5.99. The van der Waals surface area contributed by atoms with Gasteiger partial charge in [-0.2, -0.15) is 0 Å². The van der Waals surface area contributed by atoms with E-state index in [-0.39, 0.29) is 5.41 Å². The molecule has 0 atom stereocenters. The molecule has 13 heavy (non-hydrogen) atoms. The summed E-state index contributed by atoms with van der Waals surface area (Å²) in [5.41, 5.74) is 0.242. The lowest BCUT2D eigenvalue weighted by Gasteiger charge is -2.39. The Labute approximate surface area is 81.2 Å². The molecule has 0 heterocycles. The highest BCUT2D eigenvalue weighted by Crippen LogP contribution is 2.43. The Morgan fingerprint density at radius 3 is 2.08 bits per heavy atom. The Balaban J connectivity index is 2.91. The fraction of sp³-hybridized carbons (Fsp3) is 0.667. The van der Waals surface area contributed by atoms with E-state index in [1.54, 1.807) is 0 Å². The summed E-state index contributed by atoms with van der Waals surface area (Å²) in [5.74, 6) is 1.65. The Kier molecular flexibility index (Phi) is 2.84. The van der Waals surface area contributed by atoms with Gasteiger partial charge in [0.2, 0.25) is 0 Å². The van der Waals surface area contributed by atoms with Gasteiger partial charge >= 0.3 is 0 Å². The summed E-state index contributed by atoms with van der Waals surface area (Å²) in [7, 11) is 0. The molecule has 1 aliphatic rings. The van der Waals surface area contributed by atoms with Gasteiger partial charge in [-0.15, -0.1) is 0 Å². The minimum atomic E-state index is 0.242. The molecular formula is C12H20O. The lowest BCUT2D eigenvalue weighted by Crippen LogP contribution is -2.31. The van der Waals surface area contributed by atoms with Gasteiger partial charge in [0.15, 0.2) is 0 Å². The second-order valence-corrected chi connectivity index (χ2v) is 4.59. The number of rotatable bonds is 2. The third-order valence-corrected chi connectivity index (χ3v) is 3.38.